The molecule has 0 atom stereocenters. The standard InChI is InChI=1S/C23H35N5O2/c1-2-24-23(26-14-13-25-21(29)16-18-6-3-4-7-18)27-17-19-9-11-20(12-10-19)28-15-5-8-22(28)30/h9-12,18H,2-8,13-17H2,1H3,(H,25,29)(H2,24,26,27). The number of hydrogen-bond acceptors (Lipinski definition) is 3. The van der Waals surface area contributed by atoms with Crippen LogP contribution in [0.3, 0.4) is 0 Å². The van der Waals surface area contributed by atoms with Gasteiger partial charge in [0.15, 0.2) is 5.96 Å². The molecule has 164 valence electrons. The number of benzene rings is 1. The van der Waals surface area contributed by atoms with Crippen molar-refractivity contribution in [1.82, 2.24) is 16.0 Å². The van der Waals surface area contributed by atoms with Crippen LogP contribution in [0.4, 0.5) is 5.69 Å². The molecule has 1 aromatic carbocycles. The van der Waals surface area contributed by atoms with Crippen molar-refractivity contribution >= 4 is 23.5 Å². The van der Waals surface area contributed by atoms with Crippen molar-refractivity contribution < 1.29 is 9.59 Å². The minimum Gasteiger partial charge on any atom is -0.357 e. The van der Waals surface area contributed by atoms with Crippen LogP contribution in [0.2, 0.25) is 0 Å². The van der Waals surface area contributed by atoms with E-state index in [0.717, 1.165) is 36.7 Å². The van der Waals surface area contributed by atoms with E-state index in [2.05, 4.69) is 20.9 Å². The Labute approximate surface area is 179 Å². The SMILES string of the molecule is CCNC(=NCc1ccc(N2CCCC2=O)cc1)NCCNC(=O)CC1CCCC1. The van der Waals surface area contributed by atoms with Crippen molar-refractivity contribution in [2.45, 2.75) is 58.4 Å². The van der Waals surface area contributed by atoms with Gasteiger partial charge in [-0.05, 0) is 49.8 Å². The van der Waals surface area contributed by atoms with Gasteiger partial charge in [-0.25, -0.2) is 4.99 Å². The normalized spacial score (nSPS) is 17.4. The Morgan fingerprint density at radius 3 is 2.47 bits per heavy atom. The minimum absolute atomic E-state index is 0.155. The van der Waals surface area contributed by atoms with Crippen molar-refractivity contribution in [3.8, 4) is 0 Å². The minimum atomic E-state index is 0.155. The zero-order chi connectivity index (χ0) is 21.2. The van der Waals surface area contributed by atoms with Crippen LogP contribution >= 0.6 is 0 Å². The van der Waals surface area contributed by atoms with Crippen LogP contribution in [0.5, 0.6) is 0 Å². The van der Waals surface area contributed by atoms with E-state index in [4.69, 9.17) is 0 Å². The third-order valence-electron chi connectivity index (χ3n) is 5.77. The Morgan fingerprint density at radius 1 is 1.07 bits per heavy atom. The Morgan fingerprint density at radius 2 is 1.80 bits per heavy atom. The summed E-state index contributed by atoms with van der Waals surface area (Å²) < 4.78 is 0. The van der Waals surface area contributed by atoms with Gasteiger partial charge in [0, 0.05) is 44.7 Å². The van der Waals surface area contributed by atoms with E-state index in [1.807, 2.05) is 36.1 Å². The van der Waals surface area contributed by atoms with Gasteiger partial charge in [0.05, 0.1) is 6.54 Å². The van der Waals surface area contributed by atoms with Gasteiger partial charge in [-0.3, -0.25) is 9.59 Å². The quantitative estimate of drug-likeness (QED) is 0.330. The molecule has 0 radical (unpaired) electrons. The van der Waals surface area contributed by atoms with E-state index in [-0.39, 0.29) is 11.8 Å². The molecule has 1 saturated carbocycles. The summed E-state index contributed by atoms with van der Waals surface area (Å²) in [5.74, 6) is 1.67. The summed E-state index contributed by atoms with van der Waals surface area (Å²) in [6.07, 6.45) is 7.15. The number of anilines is 1. The second-order valence-corrected chi connectivity index (χ2v) is 8.14. The fourth-order valence-corrected chi connectivity index (χ4v) is 4.15. The molecule has 0 bridgehead atoms. The third-order valence-corrected chi connectivity index (χ3v) is 5.77. The van der Waals surface area contributed by atoms with E-state index in [0.29, 0.717) is 38.4 Å². The summed E-state index contributed by atoms with van der Waals surface area (Å²) >= 11 is 0. The summed E-state index contributed by atoms with van der Waals surface area (Å²) in [6.45, 7) is 5.39. The van der Waals surface area contributed by atoms with Gasteiger partial charge in [0.1, 0.15) is 0 Å². The molecule has 3 N–H and O–H groups in total. The number of carbonyl (C=O) groups is 2. The molecule has 2 aliphatic rings. The van der Waals surface area contributed by atoms with Crippen molar-refractivity contribution in [3.05, 3.63) is 29.8 Å². The smallest absolute Gasteiger partial charge is 0.227 e. The zero-order valence-electron chi connectivity index (χ0n) is 18.1. The first-order chi connectivity index (χ1) is 14.7. The Bertz CT molecular complexity index is 726. The molecule has 1 aliphatic heterocycles. The molecule has 1 heterocycles. The van der Waals surface area contributed by atoms with Gasteiger partial charge in [0.25, 0.3) is 0 Å². The van der Waals surface area contributed by atoms with Crippen LogP contribution in [-0.4, -0.2) is 44.0 Å². The number of aliphatic imine (C=N–C) groups is 1. The van der Waals surface area contributed by atoms with Crippen LogP contribution in [0.15, 0.2) is 29.3 Å². The first-order valence-electron chi connectivity index (χ1n) is 11.3. The molecule has 0 aromatic heterocycles. The van der Waals surface area contributed by atoms with Crippen molar-refractivity contribution in [2.75, 3.05) is 31.1 Å². The zero-order valence-corrected chi connectivity index (χ0v) is 18.1. The molecular weight excluding hydrogens is 378 g/mol. The molecule has 0 unspecified atom stereocenters. The number of amides is 2. The predicted octanol–water partition coefficient (Wildman–Crippen LogP) is 2.56. The molecule has 0 spiro atoms. The molecule has 30 heavy (non-hydrogen) atoms. The van der Waals surface area contributed by atoms with Gasteiger partial charge in [-0.15, -0.1) is 0 Å². The van der Waals surface area contributed by atoms with E-state index in [1.165, 1.54) is 25.7 Å². The second kappa shape index (κ2) is 11.6. The van der Waals surface area contributed by atoms with Crippen LogP contribution in [0.1, 0.15) is 57.4 Å². The van der Waals surface area contributed by atoms with Crippen LogP contribution in [0.25, 0.3) is 0 Å². The number of guanidine groups is 1. The van der Waals surface area contributed by atoms with Gasteiger partial charge in [0.2, 0.25) is 11.8 Å². The highest BCUT2D eigenvalue weighted by molar-refractivity contribution is 5.95. The molecule has 1 saturated heterocycles. The molecule has 2 fully saturated rings. The molecule has 7 heteroatoms. The Kier molecular flexibility index (Phi) is 8.53. The summed E-state index contributed by atoms with van der Waals surface area (Å²) in [4.78, 5) is 30.3. The van der Waals surface area contributed by atoms with Gasteiger partial charge in [-0.2, -0.15) is 0 Å². The maximum atomic E-state index is 12.0. The van der Waals surface area contributed by atoms with E-state index < -0.39 is 0 Å². The monoisotopic (exact) mass is 413 g/mol. The molecule has 3 rings (SSSR count). The van der Waals surface area contributed by atoms with Gasteiger partial charge in [-0.1, -0.05) is 25.0 Å². The average molecular weight is 414 g/mol. The lowest BCUT2D eigenvalue weighted by Gasteiger charge is -2.16. The molecule has 2 amide bonds. The Balaban J connectivity index is 1.41. The van der Waals surface area contributed by atoms with Crippen molar-refractivity contribution in [3.63, 3.8) is 0 Å². The second-order valence-electron chi connectivity index (χ2n) is 8.14. The van der Waals surface area contributed by atoms with Gasteiger partial charge < -0.3 is 20.9 Å². The number of nitrogens with zero attached hydrogens (tertiary/aromatic N) is 2. The highest BCUT2D eigenvalue weighted by Crippen LogP contribution is 2.27. The molecule has 7 nitrogen and oxygen atoms in total. The maximum absolute atomic E-state index is 12.0. The average Bonchev–Trinajstić information content (AvgIpc) is 3.41. The Hall–Kier alpha value is -2.57. The number of rotatable bonds is 9. The maximum Gasteiger partial charge on any atom is 0.227 e. The molecular formula is C23H35N5O2. The fraction of sp³-hybridized carbons (Fsp3) is 0.609. The summed E-state index contributed by atoms with van der Waals surface area (Å²) in [5.41, 5.74) is 2.05. The van der Waals surface area contributed by atoms with Gasteiger partial charge >= 0.3 is 0 Å². The highest BCUT2D eigenvalue weighted by Gasteiger charge is 2.21. The first-order valence-corrected chi connectivity index (χ1v) is 11.3. The number of carbonyl (C=O) groups excluding carboxylic acids is 2. The van der Waals surface area contributed by atoms with E-state index in [9.17, 15) is 9.59 Å². The summed E-state index contributed by atoms with van der Waals surface area (Å²) in [6, 6.07) is 8.04. The van der Waals surface area contributed by atoms with Crippen LogP contribution in [0, 0.1) is 5.92 Å². The lowest BCUT2D eigenvalue weighted by atomic mass is 10.0. The largest absolute Gasteiger partial charge is 0.357 e. The number of nitrogens with one attached hydrogen (secondary N) is 3. The molecule has 1 aromatic rings. The predicted molar refractivity (Wildman–Crippen MR) is 120 cm³/mol. The summed E-state index contributed by atoms with van der Waals surface area (Å²) in [7, 11) is 0. The lowest BCUT2D eigenvalue weighted by Crippen LogP contribution is -2.41. The fourth-order valence-electron chi connectivity index (χ4n) is 4.15. The topological polar surface area (TPSA) is 85.8 Å². The van der Waals surface area contributed by atoms with Crippen LogP contribution in [-0.2, 0) is 16.1 Å². The van der Waals surface area contributed by atoms with Crippen molar-refractivity contribution in [1.29, 1.82) is 0 Å². The lowest BCUT2D eigenvalue weighted by molar-refractivity contribution is -0.122. The van der Waals surface area contributed by atoms with Crippen molar-refractivity contribution in [2.24, 2.45) is 10.9 Å². The van der Waals surface area contributed by atoms with E-state index >= 15 is 0 Å². The van der Waals surface area contributed by atoms with E-state index in [1.54, 1.807) is 0 Å². The summed E-state index contributed by atoms with van der Waals surface area (Å²) in [5, 5.41) is 9.51. The van der Waals surface area contributed by atoms with Crippen LogP contribution < -0.4 is 20.9 Å². The highest BCUT2D eigenvalue weighted by atomic mass is 16.2. The third kappa shape index (κ3) is 6.75. The molecule has 1 aliphatic carbocycles. The number of hydrogen-bond donors (Lipinski definition) is 3. The first kappa shape index (κ1) is 22.1.